The van der Waals surface area contributed by atoms with Gasteiger partial charge in [0.2, 0.25) is 0 Å². The summed E-state index contributed by atoms with van der Waals surface area (Å²) in [5.74, 6) is 0.949. The second-order valence-electron chi connectivity index (χ2n) is 5.09. The molecule has 102 valence electrons. The van der Waals surface area contributed by atoms with Crippen LogP contribution in [-0.2, 0) is 7.05 Å². The zero-order valence-corrected chi connectivity index (χ0v) is 11.9. The fraction of sp³-hybridized carbons (Fsp3) is 0.467. The van der Waals surface area contributed by atoms with Crippen molar-refractivity contribution in [3.8, 4) is 5.75 Å². The van der Waals surface area contributed by atoms with Crippen LogP contribution >= 0.6 is 0 Å². The first-order valence-corrected chi connectivity index (χ1v) is 6.81. The minimum absolute atomic E-state index is 0.949. The second kappa shape index (κ2) is 4.78. The van der Waals surface area contributed by atoms with Gasteiger partial charge in [0, 0.05) is 44.3 Å². The maximum Gasteiger partial charge on any atom is 0.143 e. The van der Waals surface area contributed by atoms with E-state index in [1.54, 1.807) is 7.11 Å². The number of aryl methyl sites for hydroxylation is 1. The monoisotopic (exact) mass is 259 g/mol. The van der Waals surface area contributed by atoms with Crippen LogP contribution < -0.4 is 15.0 Å². The van der Waals surface area contributed by atoms with Gasteiger partial charge in [0.15, 0.2) is 0 Å². The number of nitrogens with one attached hydrogen (secondary N) is 1. The average Bonchev–Trinajstić information content (AvgIpc) is 2.72. The van der Waals surface area contributed by atoms with Gasteiger partial charge in [-0.1, -0.05) is 12.1 Å². The number of nitrogens with zero attached hydrogens (tertiary/aromatic N) is 2. The average molecular weight is 259 g/mol. The third-order valence-electron chi connectivity index (χ3n) is 4.09. The molecule has 1 N–H and O–H groups in total. The molecule has 3 rings (SSSR count). The molecule has 4 heteroatoms. The Morgan fingerprint density at radius 3 is 2.63 bits per heavy atom. The Morgan fingerprint density at radius 2 is 1.95 bits per heavy atom. The first-order chi connectivity index (χ1) is 9.24. The molecule has 0 amide bonds. The first-order valence-electron chi connectivity index (χ1n) is 6.81. The molecule has 1 aromatic heterocycles. The maximum absolute atomic E-state index is 5.51. The molecule has 2 aromatic rings. The van der Waals surface area contributed by atoms with E-state index in [2.05, 4.69) is 40.9 Å². The number of ether oxygens (including phenoxy) is 1. The molecular formula is C15H21N3O. The number of aromatic nitrogens is 1. The number of anilines is 1. The van der Waals surface area contributed by atoms with Gasteiger partial charge in [-0.2, -0.15) is 0 Å². The molecule has 1 aliphatic heterocycles. The molecule has 0 atom stereocenters. The lowest BCUT2D eigenvalue weighted by Crippen LogP contribution is -2.43. The number of benzene rings is 1. The van der Waals surface area contributed by atoms with E-state index in [-0.39, 0.29) is 0 Å². The largest absolute Gasteiger partial charge is 0.495 e. The summed E-state index contributed by atoms with van der Waals surface area (Å²) in [5.41, 5.74) is 3.86. The van der Waals surface area contributed by atoms with Crippen LogP contribution in [0.5, 0.6) is 5.75 Å². The molecule has 19 heavy (non-hydrogen) atoms. The maximum atomic E-state index is 5.51. The SMILES string of the molecule is COc1cccc2c(N3CCNCC3)c(C)n(C)c12. The summed E-state index contributed by atoms with van der Waals surface area (Å²) in [7, 11) is 3.85. The van der Waals surface area contributed by atoms with Crippen molar-refractivity contribution >= 4 is 16.6 Å². The van der Waals surface area contributed by atoms with Crippen molar-refractivity contribution in [3.05, 3.63) is 23.9 Å². The molecule has 1 aliphatic rings. The van der Waals surface area contributed by atoms with Crippen LogP contribution in [0.2, 0.25) is 0 Å². The summed E-state index contributed by atoms with van der Waals surface area (Å²) in [6.45, 7) is 6.44. The summed E-state index contributed by atoms with van der Waals surface area (Å²) in [4.78, 5) is 2.48. The van der Waals surface area contributed by atoms with Crippen molar-refractivity contribution in [2.45, 2.75) is 6.92 Å². The van der Waals surface area contributed by atoms with Gasteiger partial charge >= 0.3 is 0 Å². The highest BCUT2D eigenvalue weighted by Crippen LogP contribution is 2.37. The summed E-state index contributed by atoms with van der Waals surface area (Å²) in [5, 5.41) is 4.70. The van der Waals surface area contributed by atoms with Crippen molar-refractivity contribution in [1.29, 1.82) is 0 Å². The number of piperazine rings is 1. The van der Waals surface area contributed by atoms with Gasteiger partial charge in [0.05, 0.1) is 18.3 Å². The van der Waals surface area contributed by atoms with Gasteiger partial charge < -0.3 is 19.5 Å². The van der Waals surface area contributed by atoms with Gasteiger partial charge in [0.1, 0.15) is 5.75 Å². The van der Waals surface area contributed by atoms with E-state index in [1.165, 1.54) is 22.3 Å². The van der Waals surface area contributed by atoms with Crippen LogP contribution in [0, 0.1) is 6.92 Å². The number of rotatable bonds is 2. The van der Waals surface area contributed by atoms with Gasteiger partial charge in [-0.3, -0.25) is 0 Å². The van der Waals surface area contributed by atoms with E-state index >= 15 is 0 Å². The number of hydrogen-bond acceptors (Lipinski definition) is 3. The highest BCUT2D eigenvalue weighted by molar-refractivity contribution is 5.99. The molecule has 0 saturated carbocycles. The normalized spacial score (nSPS) is 16.1. The van der Waals surface area contributed by atoms with Crippen LogP contribution in [0.15, 0.2) is 18.2 Å². The molecule has 0 unspecified atom stereocenters. The van der Waals surface area contributed by atoms with E-state index in [0.29, 0.717) is 0 Å². The lowest BCUT2D eigenvalue weighted by Gasteiger charge is -2.29. The number of methoxy groups -OCH3 is 1. The molecule has 1 fully saturated rings. The molecule has 0 bridgehead atoms. The third-order valence-corrected chi connectivity index (χ3v) is 4.09. The predicted octanol–water partition coefficient (Wildman–Crippen LogP) is 1.90. The minimum Gasteiger partial charge on any atom is -0.495 e. The minimum atomic E-state index is 0.949. The topological polar surface area (TPSA) is 29.4 Å². The van der Waals surface area contributed by atoms with Crippen molar-refractivity contribution in [3.63, 3.8) is 0 Å². The molecule has 0 radical (unpaired) electrons. The van der Waals surface area contributed by atoms with E-state index in [9.17, 15) is 0 Å². The van der Waals surface area contributed by atoms with Crippen LogP contribution in [0.1, 0.15) is 5.69 Å². The van der Waals surface area contributed by atoms with Crippen LogP contribution in [-0.4, -0.2) is 37.9 Å². The Morgan fingerprint density at radius 1 is 1.21 bits per heavy atom. The standard InChI is InChI=1S/C15H21N3O/c1-11-14(18-9-7-16-8-10-18)12-5-4-6-13(19-3)15(12)17(11)2/h4-6,16H,7-10H2,1-3H3. The summed E-state index contributed by atoms with van der Waals surface area (Å²) in [6.07, 6.45) is 0. The van der Waals surface area contributed by atoms with E-state index < -0.39 is 0 Å². The van der Waals surface area contributed by atoms with Gasteiger partial charge in [-0.15, -0.1) is 0 Å². The van der Waals surface area contributed by atoms with Gasteiger partial charge in [-0.05, 0) is 13.0 Å². The smallest absolute Gasteiger partial charge is 0.143 e. The van der Waals surface area contributed by atoms with Crippen molar-refractivity contribution in [1.82, 2.24) is 9.88 Å². The Kier molecular flexibility index (Phi) is 3.11. The lowest BCUT2D eigenvalue weighted by atomic mass is 10.2. The fourth-order valence-electron chi connectivity index (χ4n) is 3.03. The van der Waals surface area contributed by atoms with E-state index in [4.69, 9.17) is 4.74 Å². The second-order valence-corrected chi connectivity index (χ2v) is 5.09. The Hall–Kier alpha value is -1.68. The highest BCUT2D eigenvalue weighted by atomic mass is 16.5. The Balaban J connectivity index is 2.21. The summed E-state index contributed by atoms with van der Waals surface area (Å²) < 4.78 is 7.75. The fourth-order valence-corrected chi connectivity index (χ4v) is 3.03. The van der Waals surface area contributed by atoms with E-state index in [0.717, 1.165) is 31.9 Å². The lowest BCUT2D eigenvalue weighted by molar-refractivity contribution is 0.418. The summed E-state index contributed by atoms with van der Waals surface area (Å²) in [6, 6.07) is 6.30. The molecule has 1 aromatic carbocycles. The zero-order valence-electron chi connectivity index (χ0n) is 11.9. The predicted molar refractivity (Wildman–Crippen MR) is 79.3 cm³/mol. The number of para-hydroxylation sites is 1. The van der Waals surface area contributed by atoms with Crippen molar-refractivity contribution in [2.24, 2.45) is 7.05 Å². The van der Waals surface area contributed by atoms with E-state index in [1.807, 2.05) is 6.07 Å². The summed E-state index contributed by atoms with van der Waals surface area (Å²) >= 11 is 0. The van der Waals surface area contributed by atoms with Crippen LogP contribution in [0.4, 0.5) is 5.69 Å². The quantitative estimate of drug-likeness (QED) is 0.893. The Labute approximate surface area is 114 Å². The number of hydrogen-bond donors (Lipinski definition) is 1. The number of fused-ring (bicyclic) bond motifs is 1. The molecule has 2 heterocycles. The van der Waals surface area contributed by atoms with Crippen molar-refractivity contribution < 1.29 is 4.74 Å². The van der Waals surface area contributed by atoms with Gasteiger partial charge in [-0.25, -0.2) is 0 Å². The zero-order chi connectivity index (χ0) is 13.4. The first kappa shape index (κ1) is 12.4. The van der Waals surface area contributed by atoms with Crippen LogP contribution in [0.25, 0.3) is 10.9 Å². The Bertz CT molecular complexity index is 597. The van der Waals surface area contributed by atoms with Crippen LogP contribution in [0.3, 0.4) is 0 Å². The van der Waals surface area contributed by atoms with Gasteiger partial charge in [0.25, 0.3) is 0 Å². The molecule has 1 saturated heterocycles. The third kappa shape index (κ3) is 1.87. The molecule has 0 spiro atoms. The molecule has 4 nitrogen and oxygen atoms in total. The molecule has 0 aliphatic carbocycles. The van der Waals surface area contributed by atoms with Crippen molar-refractivity contribution in [2.75, 3.05) is 38.2 Å². The highest BCUT2D eigenvalue weighted by Gasteiger charge is 2.21. The molecular weight excluding hydrogens is 238 g/mol.